The molecule has 1 aliphatic rings. The highest BCUT2D eigenvalue weighted by Gasteiger charge is 2.11. The second-order valence-electron chi connectivity index (χ2n) is 3.83. The molecule has 1 aromatic rings. The molecular formula is C12H15FN2. The van der Waals surface area contributed by atoms with E-state index >= 15 is 0 Å². The van der Waals surface area contributed by atoms with Gasteiger partial charge < -0.3 is 11.1 Å². The molecule has 0 saturated carbocycles. The van der Waals surface area contributed by atoms with Gasteiger partial charge in [0.2, 0.25) is 0 Å². The minimum absolute atomic E-state index is 0.215. The highest BCUT2D eigenvalue weighted by molar-refractivity contribution is 5.66. The zero-order valence-electron chi connectivity index (χ0n) is 8.54. The Labute approximate surface area is 89.0 Å². The van der Waals surface area contributed by atoms with Crippen LogP contribution in [-0.2, 0) is 0 Å². The molecule has 15 heavy (non-hydrogen) atoms. The summed E-state index contributed by atoms with van der Waals surface area (Å²) >= 11 is 0. The maximum atomic E-state index is 13.2. The van der Waals surface area contributed by atoms with Gasteiger partial charge in [0.05, 0.1) is 11.4 Å². The molecule has 0 amide bonds. The van der Waals surface area contributed by atoms with Crippen LogP contribution >= 0.6 is 0 Å². The highest BCUT2D eigenvalue weighted by atomic mass is 19.1. The van der Waals surface area contributed by atoms with Gasteiger partial charge in [-0.05, 0) is 31.4 Å². The monoisotopic (exact) mass is 206 g/mol. The first-order chi connectivity index (χ1) is 7.27. The van der Waals surface area contributed by atoms with E-state index in [1.165, 1.54) is 6.07 Å². The largest absolute Gasteiger partial charge is 0.395 e. The van der Waals surface area contributed by atoms with E-state index in [9.17, 15) is 4.39 Å². The van der Waals surface area contributed by atoms with Gasteiger partial charge in [-0.3, -0.25) is 0 Å². The highest BCUT2D eigenvalue weighted by Crippen LogP contribution is 2.24. The lowest BCUT2D eigenvalue weighted by Crippen LogP contribution is -2.21. The topological polar surface area (TPSA) is 38.0 Å². The van der Waals surface area contributed by atoms with Gasteiger partial charge in [0.1, 0.15) is 5.82 Å². The number of nitrogens with one attached hydrogen (secondary N) is 1. The van der Waals surface area contributed by atoms with Crippen molar-refractivity contribution in [2.75, 3.05) is 11.1 Å². The van der Waals surface area contributed by atoms with E-state index in [4.69, 9.17) is 5.73 Å². The minimum atomic E-state index is -0.355. The van der Waals surface area contributed by atoms with Crippen LogP contribution in [0.1, 0.15) is 19.3 Å². The first-order valence-corrected chi connectivity index (χ1v) is 5.23. The molecule has 1 aromatic carbocycles. The van der Waals surface area contributed by atoms with Crippen molar-refractivity contribution < 1.29 is 4.39 Å². The SMILES string of the molecule is Nc1c(F)cccc1NC1CC=CCC1. The standard InChI is InChI=1S/C12H15FN2/c13-10-7-4-8-11(12(10)14)15-9-5-2-1-3-6-9/h1-2,4,7-9,15H,3,5-6,14H2. The van der Waals surface area contributed by atoms with Gasteiger partial charge in [0.25, 0.3) is 0 Å². The molecule has 0 spiro atoms. The van der Waals surface area contributed by atoms with Crippen molar-refractivity contribution in [3.63, 3.8) is 0 Å². The fourth-order valence-electron chi connectivity index (χ4n) is 1.81. The average molecular weight is 206 g/mol. The minimum Gasteiger partial charge on any atom is -0.395 e. The van der Waals surface area contributed by atoms with Crippen LogP contribution in [-0.4, -0.2) is 6.04 Å². The van der Waals surface area contributed by atoms with Crippen molar-refractivity contribution in [2.45, 2.75) is 25.3 Å². The van der Waals surface area contributed by atoms with E-state index in [0.717, 1.165) is 19.3 Å². The Morgan fingerprint density at radius 2 is 2.20 bits per heavy atom. The predicted molar refractivity (Wildman–Crippen MR) is 61.2 cm³/mol. The number of para-hydroxylation sites is 1. The van der Waals surface area contributed by atoms with Crippen LogP contribution in [0.15, 0.2) is 30.4 Å². The van der Waals surface area contributed by atoms with Crippen LogP contribution in [0.4, 0.5) is 15.8 Å². The Hall–Kier alpha value is -1.51. The molecular weight excluding hydrogens is 191 g/mol. The summed E-state index contributed by atoms with van der Waals surface area (Å²) in [5, 5.41) is 3.27. The van der Waals surface area contributed by atoms with Gasteiger partial charge >= 0.3 is 0 Å². The predicted octanol–water partition coefficient (Wildman–Crippen LogP) is 2.93. The summed E-state index contributed by atoms with van der Waals surface area (Å²) in [5.41, 5.74) is 6.56. The van der Waals surface area contributed by atoms with E-state index in [2.05, 4.69) is 17.5 Å². The molecule has 1 aliphatic carbocycles. The third-order valence-electron chi connectivity index (χ3n) is 2.68. The number of nitrogen functional groups attached to an aromatic ring is 1. The van der Waals surface area contributed by atoms with Gasteiger partial charge in [-0.1, -0.05) is 18.2 Å². The van der Waals surface area contributed by atoms with E-state index in [0.29, 0.717) is 11.7 Å². The summed E-state index contributed by atoms with van der Waals surface area (Å²) in [6.07, 6.45) is 7.46. The molecule has 2 rings (SSSR count). The van der Waals surface area contributed by atoms with Gasteiger partial charge in [-0.25, -0.2) is 4.39 Å². The molecule has 0 fully saturated rings. The van der Waals surface area contributed by atoms with Crippen LogP contribution in [0, 0.1) is 5.82 Å². The van der Waals surface area contributed by atoms with Crippen molar-refractivity contribution >= 4 is 11.4 Å². The van der Waals surface area contributed by atoms with Crippen LogP contribution in [0.25, 0.3) is 0 Å². The molecule has 0 bridgehead atoms. The summed E-state index contributed by atoms with van der Waals surface area (Å²) < 4.78 is 13.2. The number of rotatable bonds is 2. The molecule has 3 N–H and O–H groups in total. The molecule has 0 heterocycles. The van der Waals surface area contributed by atoms with Crippen molar-refractivity contribution in [2.24, 2.45) is 0 Å². The Morgan fingerprint density at radius 1 is 1.33 bits per heavy atom. The summed E-state index contributed by atoms with van der Waals surface area (Å²) in [6.45, 7) is 0. The molecule has 0 radical (unpaired) electrons. The smallest absolute Gasteiger partial charge is 0.148 e. The number of hydrogen-bond donors (Lipinski definition) is 2. The van der Waals surface area contributed by atoms with Crippen LogP contribution in [0.5, 0.6) is 0 Å². The Kier molecular flexibility index (Phi) is 2.90. The van der Waals surface area contributed by atoms with E-state index in [1.54, 1.807) is 6.07 Å². The quantitative estimate of drug-likeness (QED) is 0.576. The van der Waals surface area contributed by atoms with Gasteiger partial charge in [-0.2, -0.15) is 0 Å². The number of hydrogen-bond acceptors (Lipinski definition) is 2. The van der Waals surface area contributed by atoms with Crippen molar-refractivity contribution in [3.05, 3.63) is 36.2 Å². The zero-order valence-corrected chi connectivity index (χ0v) is 8.54. The zero-order chi connectivity index (χ0) is 10.7. The lowest BCUT2D eigenvalue weighted by molar-refractivity contribution is 0.627. The van der Waals surface area contributed by atoms with Gasteiger partial charge in [0.15, 0.2) is 0 Å². The summed E-state index contributed by atoms with van der Waals surface area (Å²) in [4.78, 5) is 0. The summed E-state index contributed by atoms with van der Waals surface area (Å²) in [6, 6.07) is 5.24. The van der Waals surface area contributed by atoms with Crippen molar-refractivity contribution in [1.82, 2.24) is 0 Å². The van der Waals surface area contributed by atoms with Crippen molar-refractivity contribution in [3.8, 4) is 0 Å². The summed E-state index contributed by atoms with van der Waals surface area (Å²) in [5.74, 6) is -0.355. The maximum absolute atomic E-state index is 13.2. The third kappa shape index (κ3) is 2.29. The fraction of sp³-hybridized carbons (Fsp3) is 0.333. The second-order valence-corrected chi connectivity index (χ2v) is 3.83. The van der Waals surface area contributed by atoms with Gasteiger partial charge in [-0.15, -0.1) is 0 Å². The number of allylic oxidation sites excluding steroid dienone is 1. The average Bonchev–Trinajstić information content (AvgIpc) is 2.26. The van der Waals surface area contributed by atoms with Crippen LogP contribution < -0.4 is 11.1 Å². The normalized spacial score (nSPS) is 20.2. The molecule has 0 saturated heterocycles. The second kappa shape index (κ2) is 4.34. The Bertz CT molecular complexity index is 374. The van der Waals surface area contributed by atoms with E-state index in [-0.39, 0.29) is 11.5 Å². The number of benzene rings is 1. The first kappa shape index (κ1) is 10.0. The van der Waals surface area contributed by atoms with E-state index < -0.39 is 0 Å². The third-order valence-corrected chi connectivity index (χ3v) is 2.68. The first-order valence-electron chi connectivity index (χ1n) is 5.23. The fourth-order valence-corrected chi connectivity index (χ4v) is 1.81. The molecule has 1 unspecified atom stereocenters. The summed E-state index contributed by atoms with van der Waals surface area (Å²) in [7, 11) is 0. The number of anilines is 2. The van der Waals surface area contributed by atoms with Gasteiger partial charge in [0, 0.05) is 6.04 Å². The Morgan fingerprint density at radius 3 is 2.93 bits per heavy atom. The molecule has 0 aliphatic heterocycles. The molecule has 1 atom stereocenters. The van der Waals surface area contributed by atoms with Crippen molar-refractivity contribution in [1.29, 1.82) is 0 Å². The number of nitrogens with two attached hydrogens (primary N) is 1. The van der Waals surface area contributed by atoms with E-state index in [1.807, 2.05) is 6.07 Å². The molecule has 0 aromatic heterocycles. The van der Waals surface area contributed by atoms with Crippen LogP contribution in [0.2, 0.25) is 0 Å². The lowest BCUT2D eigenvalue weighted by atomic mass is 10.0. The van der Waals surface area contributed by atoms with Crippen LogP contribution in [0.3, 0.4) is 0 Å². The molecule has 2 nitrogen and oxygen atoms in total. The maximum Gasteiger partial charge on any atom is 0.148 e. The number of halogens is 1. The lowest BCUT2D eigenvalue weighted by Gasteiger charge is -2.21. The Balaban J connectivity index is 2.10. The molecule has 80 valence electrons. The molecule has 3 heteroatoms.